The van der Waals surface area contributed by atoms with Crippen LogP contribution in [0.3, 0.4) is 0 Å². The Morgan fingerprint density at radius 2 is 2.17 bits per heavy atom. The van der Waals surface area contributed by atoms with Crippen molar-refractivity contribution in [3.8, 4) is 10.4 Å². The minimum atomic E-state index is -0.142. The van der Waals surface area contributed by atoms with Gasteiger partial charge in [-0.05, 0) is 29.5 Å². The second-order valence-corrected chi connectivity index (χ2v) is 5.44. The topological polar surface area (TPSA) is 29.1 Å². The molecule has 4 heteroatoms. The van der Waals surface area contributed by atoms with Gasteiger partial charge < -0.3 is 5.32 Å². The van der Waals surface area contributed by atoms with Crippen LogP contribution in [0.15, 0.2) is 29.6 Å². The number of carbonyl (C=O) groups is 1. The quantitative estimate of drug-likeness (QED) is 0.834. The lowest BCUT2D eigenvalue weighted by Crippen LogP contribution is -2.14. The molecule has 1 aliphatic rings. The standard InChI is InChI=1S/C14H12ClNOS/c15-7-13(17)16-12-8-18-14-10-4-2-1-3-9(10)5-6-11(12)14/h1-4,8H,5-7H2,(H,16,17). The Morgan fingerprint density at radius 1 is 1.33 bits per heavy atom. The third-order valence-electron chi connectivity index (χ3n) is 3.20. The van der Waals surface area contributed by atoms with Gasteiger partial charge in [-0.1, -0.05) is 24.3 Å². The summed E-state index contributed by atoms with van der Waals surface area (Å²) in [5, 5.41) is 4.88. The molecule has 2 nitrogen and oxygen atoms in total. The van der Waals surface area contributed by atoms with E-state index < -0.39 is 0 Å². The number of aryl methyl sites for hydroxylation is 1. The second-order valence-electron chi connectivity index (χ2n) is 4.30. The molecule has 2 aromatic rings. The van der Waals surface area contributed by atoms with Gasteiger partial charge in [0.1, 0.15) is 5.88 Å². The number of benzene rings is 1. The predicted molar refractivity (Wildman–Crippen MR) is 76.5 cm³/mol. The van der Waals surface area contributed by atoms with E-state index in [0.29, 0.717) is 0 Å². The average molecular weight is 278 g/mol. The number of alkyl halides is 1. The first kappa shape index (κ1) is 11.8. The van der Waals surface area contributed by atoms with Crippen molar-refractivity contribution in [1.29, 1.82) is 0 Å². The van der Waals surface area contributed by atoms with Gasteiger partial charge in [-0.3, -0.25) is 4.79 Å². The van der Waals surface area contributed by atoms with Crippen LogP contribution in [0.25, 0.3) is 10.4 Å². The highest BCUT2D eigenvalue weighted by molar-refractivity contribution is 7.14. The van der Waals surface area contributed by atoms with E-state index >= 15 is 0 Å². The molecule has 1 aliphatic carbocycles. The Morgan fingerprint density at radius 3 is 3.00 bits per heavy atom. The number of halogens is 1. The summed E-state index contributed by atoms with van der Waals surface area (Å²) in [6, 6.07) is 8.46. The second kappa shape index (κ2) is 4.75. The van der Waals surface area contributed by atoms with E-state index in [9.17, 15) is 4.79 Å². The summed E-state index contributed by atoms with van der Waals surface area (Å²) in [7, 11) is 0. The van der Waals surface area contributed by atoms with Crippen LogP contribution < -0.4 is 5.32 Å². The summed E-state index contributed by atoms with van der Waals surface area (Å²) in [4.78, 5) is 12.7. The Hall–Kier alpha value is -1.32. The van der Waals surface area contributed by atoms with Crippen molar-refractivity contribution in [2.45, 2.75) is 12.8 Å². The third kappa shape index (κ3) is 1.93. The van der Waals surface area contributed by atoms with E-state index in [1.54, 1.807) is 11.3 Å². The van der Waals surface area contributed by atoms with Crippen molar-refractivity contribution in [3.63, 3.8) is 0 Å². The first-order valence-corrected chi connectivity index (χ1v) is 7.25. The van der Waals surface area contributed by atoms with Crippen molar-refractivity contribution in [3.05, 3.63) is 40.8 Å². The first-order valence-electron chi connectivity index (χ1n) is 5.84. The Bertz CT molecular complexity index is 606. The van der Waals surface area contributed by atoms with Crippen molar-refractivity contribution in [2.24, 2.45) is 0 Å². The number of nitrogens with one attached hydrogen (secondary N) is 1. The van der Waals surface area contributed by atoms with Crippen LogP contribution in [0.2, 0.25) is 0 Å². The van der Waals surface area contributed by atoms with Crippen LogP contribution >= 0.6 is 22.9 Å². The summed E-state index contributed by atoms with van der Waals surface area (Å²) in [5.41, 5.74) is 4.87. The minimum Gasteiger partial charge on any atom is -0.324 e. The van der Waals surface area contributed by atoms with Crippen LogP contribution in [-0.2, 0) is 17.6 Å². The molecule has 1 heterocycles. The Kier molecular flexibility index (Phi) is 3.10. The predicted octanol–water partition coefficient (Wildman–Crippen LogP) is 3.69. The maximum absolute atomic E-state index is 11.4. The zero-order chi connectivity index (χ0) is 12.5. The Labute approximate surface area is 115 Å². The number of amides is 1. The molecule has 0 unspecified atom stereocenters. The molecular weight excluding hydrogens is 266 g/mol. The maximum atomic E-state index is 11.4. The van der Waals surface area contributed by atoms with Gasteiger partial charge in [0.05, 0.1) is 5.69 Å². The van der Waals surface area contributed by atoms with Crippen LogP contribution in [0, 0.1) is 0 Å². The molecule has 1 aromatic carbocycles. The van der Waals surface area contributed by atoms with Gasteiger partial charge in [0.15, 0.2) is 0 Å². The zero-order valence-electron chi connectivity index (χ0n) is 9.70. The molecule has 0 saturated heterocycles. The van der Waals surface area contributed by atoms with Crippen molar-refractivity contribution in [1.82, 2.24) is 0 Å². The molecule has 1 aromatic heterocycles. The van der Waals surface area contributed by atoms with Crippen LogP contribution in [0.4, 0.5) is 5.69 Å². The van der Waals surface area contributed by atoms with Crippen LogP contribution in [0.1, 0.15) is 11.1 Å². The van der Waals surface area contributed by atoms with Crippen LogP contribution in [0.5, 0.6) is 0 Å². The maximum Gasteiger partial charge on any atom is 0.239 e. The summed E-state index contributed by atoms with van der Waals surface area (Å²) in [5.74, 6) is -0.141. The molecule has 0 radical (unpaired) electrons. The number of anilines is 1. The van der Waals surface area contributed by atoms with E-state index in [-0.39, 0.29) is 11.8 Å². The molecule has 0 fully saturated rings. The fourth-order valence-electron chi connectivity index (χ4n) is 2.36. The highest BCUT2D eigenvalue weighted by Gasteiger charge is 2.21. The van der Waals surface area contributed by atoms with Crippen molar-refractivity contribution < 1.29 is 4.79 Å². The first-order chi connectivity index (χ1) is 8.79. The SMILES string of the molecule is O=C(CCl)Nc1csc2c1CCc1ccccc1-2. The average Bonchev–Trinajstić information content (AvgIpc) is 2.82. The molecular formula is C14H12ClNOS. The van der Waals surface area contributed by atoms with Crippen molar-refractivity contribution in [2.75, 3.05) is 11.2 Å². The van der Waals surface area contributed by atoms with Crippen LogP contribution in [-0.4, -0.2) is 11.8 Å². The molecule has 0 spiro atoms. The lowest BCUT2D eigenvalue weighted by atomic mass is 9.91. The molecule has 18 heavy (non-hydrogen) atoms. The Balaban J connectivity index is 2.02. The zero-order valence-corrected chi connectivity index (χ0v) is 11.3. The van der Waals surface area contributed by atoms with E-state index in [1.807, 2.05) is 5.38 Å². The number of hydrogen-bond acceptors (Lipinski definition) is 2. The molecule has 1 N–H and O–H groups in total. The summed E-state index contributed by atoms with van der Waals surface area (Å²) >= 11 is 7.21. The molecule has 0 saturated carbocycles. The molecule has 0 atom stereocenters. The number of carbonyl (C=O) groups excluding carboxylic acids is 1. The van der Waals surface area contributed by atoms with Gasteiger partial charge in [0.25, 0.3) is 0 Å². The van der Waals surface area contributed by atoms with Gasteiger partial charge in [-0.15, -0.1) is 22.9 Å². The number of fused-ring (bicyclic) bond motifs is 3. The lowest BCUT2D eigenvalue weighted by molar-refractivity contribution is -0.113. The minimum absolute atomic E-state index is 0.00120. The summed E-state index contributed by atoms with van der Waals surface area (Å²) in [6.45, 7) is 0. The van der Waals surface area contributed by atoms with Gasteiger partial charge >= 0.3 is 0 Å². The summed E-state index contributed by atoms with van der Waals surface area (Å²) in [6.07, 6.45) is 2.01. The van der Waals surface area contributed by atoms with Gasteiger partial charge in [0.2, 0.25) is 5.91 Å². The van der Waals surface area contributed by atoms with E-state index in [0.717, 1.165) is 18.5 Å². The molecule has 0 bridgehead atoms. The van der Waals surface area contributed by atoms with E-state index in [4.69, 9.17) is 11.6 Å². The van der Waals surface area contributed by atoms with Gasteiger partial charge in [0, 0.05) is 10.3 Å². The molecule has 92 valence electrons. The fourth-order valence-corrected chi connectivity index (χ4v) is 3.55. The number of thiophene rings is 1. The smallest absolute Gasteiger partial charge is 0.239 e. The largest absolute Gasteiger partial charge is 0.324 e. The molecule has 3 rings (SSSR count). The highest BCUT2D eigenvalue weighted by Crippen LogP contribution is 2.41. The number of hydrogen-bond donors (Lipinski definition) is 1. The summed E-state index contributed by atoms with van der Waals surface area (Å²) < 4.78 is 0. The van der Waals surface area contributed by atoms with Crippen molar-refractivity contribution >= 4 is 34.5 Å². The highest BCUT2D eigenvalue weighted by atomic mass is 35.5. The van der Waals surface area contributed by atoms with E-state index in [2.05, 4.69) is 29.6 Å². The van der Waals surface area contributed by atoms with Gasteiger partial charge in [-0.2, -0.15) is 0 Å². The third-order valence-corrected chi connectivity index (χ3v) is 4.49. The molecule has 0 aliphatic heterocycles. The number of rotatable bonds is 2. The monoisotopic (exact) mass is 277 g/mol. The van der Waals surface area contributed by atoms with E-state index in [1.165, 1.54) is 21.6 Å². The lowest BCUT2D eigenvalue weighted by Gasteiger charge is -2.17. The normalized spacial score (nSPS) is 12.7. The molecule has 1 amide bonds. The van der Waals surface area contributed by atoms with Gasteiger partial charge in [-0.25, -0.2) is 0 Å². The fraction of sp³-hybridized carbons (Fsp3) is 0.214.